The molecule has 1 heterocycles. The van der Waals surface area contributed by atoms with E-state index in [-0.39, 0.29) is 18.0 Å². The van der Waals surface area contributed by atoms with Crippen LogP contribution in [0.1, 0.15) is 30.1 Å². The third-order valence-corrected chi connectivity index (χ3v) is 3.73. The molecule has 0 aliphatic rings. The van der Waals surface area contributed by atoms with Crippen molar-refractivity contribution in [1.29, 1.82) is 0 Å². The minimum Gasteiger partial charge on any atom is -0.464 e. The van der Waals surface area contributed by atoms with Crippen molar-refractivity contribution in [2.75, 3.05) is 13.2 Å². The van der Waals surface area contributed by atoms with Crippen molar-refractivity contribution in [3.63, 3.8) is 0 Å². The van der Waals surface area contributed by atoms with Gasteiger partial charge in [0.15, 0.2) is 0 Å². The lowest BCUT2D eigenvalue weighted by Crippen LogP contribution is -2.31. The number of pyridine rings is 1. The van der Waals surface area contributed by atoms with Crippen molar-refractivity contribution in [2.45, 2.75) is 19.8 Å². The second-order valence-electron chi connectivity index (χ2n) is 5.17. The molecule has 0 unspecified atom stereocenters. The van der Waals surface area contributed by atoms with Crippen LogP contribution in [0.4, 0.5) is 0 Å². The van der Waals surface area contributed by atoms with Crippen molar-refractivity contribution in [2.24, 2.45) is 0 Å². The molecule has 2 aromatic rings. The van der Waals surface area contributed by atoms with Gasteiger partial charge in [-0.25, -0.2) is 4.98 Å². The average Bonchev–Trinajstić information content (AvgIpc) is 2.62. The van der Waals surface area contributed by atoms with E-state index in [4.69, 9.17) is 9.47 Å². The number of aromatic nitrogens is 1. The number of benzene rings is 1. The van der Waals surface area contributed by atoms with E-state index in [1.165, 1.54) is 6.20 Å². The number of carbonyl (C=O) groups excluding carboxylic acids is 2. The highest BCUT2D eigenvalue weighted by Crippen LogP contribution is 2.24. The Morgan fingerprint density at radius 2 is 1.96 bits per heavy atom. The van der Waals surface area contributed by atoms with E-state index in [0.717, 1.165) is 17.3 Å². The number of rotatable bonds is 8. The predicted octanol–water partition coefficient (Wildman–Crippen LogP) is 3.71. The zero-order valence-electron chi connectivity index (χ0n) is 13.8. The van der Waals surface area contributed by atoms with E-state index in [9.17, 15) is 9.59 Å². The summed E-state index contributed by atoms with van der Waals surface area (Å²) in [5.41, 5.74) is 0.242. The molecule has 7 heteroatoms. The summed E-state index contributed by atoms with van der Waals surface area (Å²) in [5.74, 6) is -0.203. The highest BCUT2D eigenvalue weighted by Gasteiger charge is 2.15. The maximum atomic E-state index is 12.3. The second-order valence-corrected chi connectivity index (χ2v) is 6.08. The summed E-state index contributed by atoms with van der Waals surface area (Å²) in [6.45, 7) is 2.16. The van der Waals surface area contributed by atoms with Crippen molar-refractivity contribution in [1.82, 2.24) is 10.3 Å². The third-order valence-electron chi connectivity index (χ3n) is 3.20. The molecule has 1 N–H and O–H groups in total. The van der Waals surface area contributed by atoms with Crippen molar-refractivity contribution < 1.29 is 19.1 Å². The monoisotopic (exact) mass is 406 g/mol. The first-order valence-corrected chi connectivity index (χ1v) is 8.71. The van der Waals surface area contributed by atoms with Gasteiger partial charge in [0.2, 0.25) is 5.88 Å². The number of amides is 1. The maximum Gasteiger partial charge on any atom is 0.325 e. The van der Waals surface area contributed by atoms with Gasteiger partial charge in [-0.3, -0.25) is 9.59 Å². The molecule has 2 rings (SSSR count). The van der Waals surface area contributed by atoms with Gasteiger partial charge in [-0.05, 0) is 42.8 Å². The molecule has 0 saturated carbocycles. The molecular formula is C18H19BrN2O4. The molecule has 0 spiro atoms. The van der Waals surface area contributed by atoms with Gasteiger partial charge in [0.25, 0.3) is 5.91 Å². The number of carbonyl (C=O) groups is 2. The molecule has 0 atom stereocenters. The van der Waals surface area contributed by atoms with E-state index >= 15 is 0 Å². The Hall–Kier alpha value is -2.41. The number of hydrogen-bond acceptors (Lipinski definition) is 5. The van der Waals surface area contributed by atoms with E-state index in [1.807, 2.05) is 19.1 Å². The quantitative estimate of drug-likeness (QED) is 0.533. The second kappa shape index (κ2) is 9.78. The van der Waals surface area contributed by atoms with E-state index < -0.39 is 11.9 Å². The average molecular weight is 407 g/mol. The number of esters is 1. The van der Waals surface area contributed by atoms with Gasteiger partial charge in [0.1, 0.15) is 17.9 Å². The lowest BCUT2D eigenvalue weighted by atomic mass is 10.2. The molecule has 1 aromatic heterocycles. The third kappa shape index (κ3) is 6.19. The van der Waals surface area contributed by atoms with E-state index in [2.05, 4.69) is 26.2 Å². The molecule has 132 valence electrons. The number of unbranched alkanes of at least 4 members (excludes halogenated alkanes) is 1. The molecule has 0 aliphatic heterocycles. The van der Waals surface area contributed by atoms with Gasteiger partial charge >= 0.3 is 5.97 Å². The summed E-state index contributed by atoms with van der Waals surface area (Å²) in [5, 5.41) is 2.52. The van der Waals surface area contributed by atoms with Crippen molar-refractivity contribution >= 4 is 27.8 Å². The molecule has 25 heavy (non-hydrogen) atoms. The predicted molar refractivity (Wildman–Crippen MR) is 96.7 cm³/mol. The largest absolute Gasteiger partial charge is 0.464 e. The Balaban J connectivity index is 1.98. The lowest BCUT2D eigenvalue weighted by Gasteiger charge is -2.10. The Morgan fingerprint density at radius 1 is 1.20 bits per heavy atom. The van der Waals surface area contributed by atoms with Crippen LogP contribution in [0.25, 0.3) is 0 Å². The summed E-state index contributed by atoms with van der Waals surface area (Å²) in [6, 6.07) is 10.4. The molecular weight excluding hydrogens is 388 g/mol. The van der Waals surface area contributed by atoms with Crippen LogP contribution in [-0.4, -0.2) is 30.0 Å². The van der Waals surface area contributed by atoms with Gasteiger partial charge < -0.3 is 14.8 Å². The summed E-state index contributed by atoms with van der Waals surface area (Å²) < 4.78 is 11.6. The topological polar surface area (TPSA) is 77.5 Å². The molecule has 1 amide bonds. The van der Waals surface area contributed by atoms with Crippen LogP contribution >= 0.6 is 15.9 Å². The van der Waals surface area contributed by atoms with Gasteiger partial charge in [0.05, 0.1) is 6.61 Å². The number of halogens is 1. The van der Waals surface area contributed by atoms with Crippen LogP contribution in [0.3, 0.4) is 0 Å². The standard InChI is InChI=1S/C18H19BrN2O4/c1-2-3-11-24-16(22)12-21-17(23)15-5-4-10-20-18(15)25-14-8-6-13(19)7-9-14/h4-10H,2-3,11-12H2,1H3,(H,21,23). The number of ether oxygens (including phenoxy) is 2. The fraction of sp³-hybridized carbons (Fsp3) is 0.278. The molecule has 0 radical (unpaired) electrons. The van der Waals surface area contributed by atoms with Crippen LogP contribution in [0.5, 0.6) is 11.6 Å². The Kier molecular flexibility index (Phi) is 7.40. The Labute approximate surface area is 154 Å². The van der Waals surface area contributed by atoms with Crippen LogP contribution in [0.15, 0.2) is 47.1 Å². The number of nitrogens with zero attached hydrogens (tertiary/aromatic N) is 1. The summed E-state index contributed by atoms with van der Waals surface area (Å²) in [4.78, 5) is 28.0. The first-order chi connectivity index (χ1) is 12.1. The van der Waals surface area contributed by atoms with E-state index in [0.29, 0.717) is 12.4 Å². The molecule has 1 aromatic carbocycles. The van der Waals surface area contributed by atoms with Gasteiger partial charge in [0, 0.05) is 10.7 Å². The first kappa shape index (κ1) is 18.9. The number of nitrogens with one attached hydrogen (secondary N) is 1. The minimum absolute atomic E-state index is 0.168. The number of hydrogen-bond donors (Lipinski definition) is 1. The summed E-state index contributed by atoms with van der Waals surface area (Å²) in [7, 11) is 0. The zero-order chi connectivity index (χ0) is 18.1. The SMILES string of the molecule is CCCCOC(=O)CNC(=O)c1cccnc1Oc1ccc(Br)cc1. The molecule has 0 saturated heterocycles. The lowest BCUT2D eigenvalue weighted by molar-refractivity contribution is -0.142. The fourth-order valence-corrected chi connectivity index (χ4v) is 2.15. The summed E-state index contributed by atoms with van der Waals surface area (Å²) in [6.07, 6.45) is 3.27. The van der Waals surface area contributed by atoms with Gasteiger partial charge in [-0.2, -0.15) is 0 Å². The molecule has 0 bridgehead atoms. The van der Waals surface area contributed by atoms with Gasteiger partial charge in [-0.15, -0.1) is 0 Å². The summed E-state index contributed by atoms with van der Waals surface area (Å²) >= 11 is 3.35. The smallest absolute Gasteiger partial charge is 0.325 e. The molecule has 6 nitrogen and oxygen atoms in total. The van der Waals surface area contributed by atoms with E-state index in [1.54, 1.807) is 24.3 Å². The van der Waals surface area contributed by atoms with Crippen molar-refractivity contribution in [3.8, 4) is 11.6 Å². The first-order valence-electron chi connectivity index (χ1n) is 7.92. The van der Waals surface area contributed by atoms with Crippen LogP contribution < -0.4 is 10.1 Å². The maximum absolute atomic E-state index is 12.3. The van der Waals surface area contributed by atoms with Crippen LogP contribution in [0, 0.1) is 0 Å². The molecule has 0 aliphatic carbocycles. The normalized spacial score (nSPS) is 10.2. The highest BCUT2D eigenvalue weighted by atomic mass is 79.9. The fourth-order valence-electron chi connectivity index (χ4n) is 1.89. The minimum atomic E-state index is -0.471. The Bertz CT molecular complexity index is 719. The molecule has 0 fully saturated rings. The zero-order valence-corrected chi connectivity index (χ0v) is 15.4. The highest BCUT2D eigenvalue weighted by molar-refractivity contribution is 9.10. The van der Waals surface area contributed by atoms with Crippen LogP contribution in [0.2, 0.25) is 0 Å². The van der Waals surface area contributed by atoms with Gasteiger partial charge in [-0.1, -0.05) is 29.3 Å². The Morgan fingerprint density at radius 3 is 2.68 bits per heavy atom. The van der Waals surface area contributed by atoms with Crippen LogP contribution in [-0.2, 0) is 9.53 Å². The van der Waals surface area contributed by atoms with Crippen molar-refractivity contribution in [3.05, 3.63) is 52.6 Å².